The van der Waals surface area contributed by atoms with Crippen LogP contribution in [0.1, 0.15) is 37.4 Å². The maximum atomic E-state index is 12.4. The Morgan fingerprint density at radius 1 is 1.08 bits per heavy atom. The van der Waals surface area contributed by atoms with Crippen molar-refractivity contribution < 1.29 is 14.9 Å². The zero-order valence-electron chi connectivity index (χ0n) is 15.2. The van der Waals surface area contributed by atoms with E-state index in [0.717, 1.165) is 16.5 Å². The SMILES string of the molecule is CC[C@@H]([NH2+]CC(=O)N[C@H](Cc1ccccc1)C(C)=O)c1ccc(Br)cc1. The van der Waals surface area contributed by atoms with Crippen LogP contribution in [0.2, 0.25) is 0 Å². The molecule has 0 spiro atoms. The summed E-state index contributed by atoms with van der Waals surface area (Å²) in [5.74, 6) is -0.140. The number of Topliss-reactive ketones (excluding diaryl/α,β-unsaturated/α-hetero) is 1. The average Bonchev–Trinajstić information content (AvgIpc) is 2.64. The first-order chi connectivity index (χ1) is 12.5. The monoisotopic (exact) mass is 417 g/mol. The first-order valence-electron chi connectivity index (χ1n) is 8.92. The summed E-state index contributed by atoms with van der Waals surface area (Å²) in [5.41, 5.74) is 2.23. The van der Waals surface area contributed by atoms with Crippen molar-refractivity contribution in [3.63, 3.8) is 0 Å². The van der Waals surface area contributed by atoms with E-state index in [4.69, 9.17) is 0 Å². The first-order valence-corrected chi connectivity index (χ1v) is 9.71. The number of rotatable bonds is 9. The molecule has 5 heteroatoms. The molecule has 138 valence electrons. The van der Waals surface area contributed by atoms with Gasteiger partial charge in [0.1, 0.15) is 6.04 Å². The van der Waals surface area contributed by atoms with Gasteiger partial charge in [0.2, 0.25) is 0 Å². The van der Waals surface area contributed by atoms with Gasteiger partial charge in [0.15, 0.2) is 12.3 Å². The van der Waals surface area contributed by atoms with Crippen LogP contribution in [0.25, 0.3) is 0 Å². The summed E-state index contributed by atoms with van der Waals surface area (Å²) < 4.78 is 1.04. The average molecular weight is 418 g/mol. The molecule has 2 atom stereocenters. The molecule has 2 aromatic rings. The minimum absolute atomic E-state index is 0.0258. The van der Waals surface area contributed by atoms with E-state index in [0.29, 0.717) is 13.0 Å². The van der Waals surface area contributed by atoms with E-state index in [9.17, 15) is 9.59 Å². The Bertz CT molecular complexity index is 717. The fourth-order valence-corrected chi connectivity index (χ4v) is 3.16. The quantitative estimate of drug-likeness (QED) is 0.658. The number of benzene rings is 2. The van der Waals surface area contributed by atoms with Crippen molar-refractivity contribution in [1.82, 2.24) is 5.32 Å². The minimum Gasteiger partial charge on any atom is -0.341 e. The van der Waals surface area contributed by atoms with Gasteiger partial charge in [-0.05, 0) is 31.0 Å². The van der Waals surface area contributed by atoms with Gasteiger partial charge in [0.05, 0.1) is 6.04 Å². The zero-order valence-corrected chi connectivity index (χ0v) is 16.8. The summed E-state index contributed by atoms with van der Waals surface area (Å²) in [6, 6.07) is 17.6. The van der Waals surface area contributed by atoms with Crippen molar-refractivity contribution in [1.29, 1.82) is 0 Å². The van der Waals surface area contributed by atoms with Crippen molar-refractivity contribution in [2.45, 2.75) is 38.8 Å². The molecule has 4 nitrogen and oxygen atoms in total. The van der Waals surface area contributed by atoms with Gasteiger partial charge in [-0.25, -0.2) is 0 Å². The third-order valence-corrected chi connectivity index (χ3v) is 4.96. The van der Waals surface area contributed by atoms with Crippen LogP contribution in [0.4, 0.5) is 0 Å². The van der Waals surface area contributed by atoms with Crippen LogP contribution in [0, 0.1) is 0 Å². The summed E-state index contributed by atoms with van der Waals surface area (Å²) in [7, 11) is 0. The van der Waals surface area contributed by atoms with Crippen molar-refractivity contribution >= 4 is 27.6 Å². The molecule has 0 radical (unpaired) electrons. The molecule has 0 aliphatic rings. The highest BCUT2D eigenvalue weighted by molar-refractivity contribution is 9.10. The van der Waals surface area contributed by atoms with E-state index in [1.54, 1.807) is 0 Å². The van der Waals surface area contributed by atoms with Crippen LogP contribution in [0.15, 0.2) is 59.1 Å². The first kappa shape index (κ1) is 20.3. The Labute approximate surface area is 163 Å². The van der Waals surface area contributed by atoms with Crippen molar-refractivity contribution in [3.8, 4) is 0 Å². The number of hydrogen-bond acceptors (Lipinski definition) is 2. The highest BCUT2D eigenvalue weighted by atomic mass is 79.9. The van der Waals surface area contributed by atoms with Gasteiger partial charge < -0.3 is 10.6 Å². The molecule has 0 unspecified atom stereocenters. The van der Waals surface area contributed by atoms with E-state index in [1.165, 1.54) is 12.5 Å². The number of nitrogens with one attached hydrogen (secondary N) is 1. The van der Waals surface area contributed by atoms with Crippen molar-refractivity contribution in [3.05, 3.63) is 70.2 Å². The summed E-state index contributed by atoms with van der Waals surface area (Å²) in [5, 5.41) is 4.90. The van der Waals surface area contributed by atoms with E-state index >= 15 is 0 Å². The van der Waals surface area contributed by atoms with Gasteiger partial charge >= 0.3 is 0 Å². The van der Waals surface area contributed by atoms with Crippen LogP contribution in [0.5, 0.6) is 0 Å². The van der Waals surface area contributed by atoms with Crippen LogP contribution < -0.4 is 10.6 Å². The normalized spacial score (nSPS) is 13.0. The van der Waals surface area contributed by atoms with Crippen LogP contribution in [0.3, 0.4) is 0 Å². The number of ketones is 1. The lowest BCUT2D eigenvalue weighted by atomic mass is 10.0. The third kappa shape index (κ3) is 6.39. The van der Waals surface area contributed by atoms with Gasteiger partial charge in [-0.15, -0.1) is 0 Å². The summed E-state index contributed by atoms with van der Waals surface area (Å²) >= 11 is 3.44. The molecule has 2 aromatic carbocycles. The smallest absolute Gasteiger partial charge is 0.275 e. The Kier molecular flexibility index (Phi) is 8.01. The van der Waals surface area contributed by atoms with Gasteiger partial charge in [-0.3, -0.25) is 9.59 Å². The molecule has 0 aromatic heterocycles. The number of halogens is 1. The Morgan fingerprint density at radius 3 is 2.31 bits per heavy atom. The van der Waals surface area contributed by atoms with Crippen molar-refractivity contribution in [2.24, 2.45) is 0 Å². The van der Waals surface area contributed by atoms with Crippen molar-refractivity contribution in [2.75, 3.05) is 6.54 Å². The molecular weight excluding hydrogens is 392 g/mol. The van der Waals surface area contributed by atoms with Crippen LogP contribution in [-0.4, -0.2) is 24.3 Å². The molecule has 0 aliphatic heterocycles. The molecule has 0 heterocycles. The maximum absolute atomic E-state index is 12.4. The molecule has 2 rings (SSSR count). The third-order valence-electron chi connectivity index (χ3n) is 4.43. The van der Waals surface area contributed by atoms with E-state index < -0.39 is 6.04 Å². The van der Waals surface area contributed by atoms with E-state index in [-0.39, 0.29) is 17.7 Å². The van der Waals surface area contributed by atoms with E-state index in [1.807, 2.05) is 47.8 Å². The predicted molar refractivity (Wildman–Crippen MR) is 107 cm³/mol. The fourth-order valence-electron chi connectivity index (χ4n) is 2.90. The van der Waals surface area contributed by atoms with Gasteiger partial charge in [0, 0.05) is 16.5 Å². The summed E-state index contributed by atoms with van der Waals surface area (Å²) in [6.45, 7) is 3.93. The molecular formula is C21H26BrN2O2+. The second kappa shape index (κ2) is 10.2. The molecule has 0 bridgehead atoms. The second-order valence-corrected chi connectivity index (χ2v) is 7.34. The summed E-state index contributed by atoms with van der Waals surface area (Å²) in [4.78, 5) is 24.3. The highest BCUT2D eigenvalue weighted by Gasteiger charge is 2.20. The standard InChI is InChI=1S/C21H25BrN2O2/c1-3-19(17-9-11-18(22)12-10-17)23-14-21(26)24-20(15(2)25)13-16-7-5-4-6-8-16/h4-12,19-20,23H,3,13-14H2,1-2H3,(H,24,26)/p+1/t19-,20-/m1/s1. The lowest BCUT2D eigenvalue weighted by molar-refractivity contribution is -0.686. The molecule has 26 heavy (non-hydrogen) atoms. The number of quaternary nitrogens is 1. The molecule has 0 aliphatic carbocycles. The van der Waals surface area contributed by atoms with E-state index in [2.05, 4.69) is 40.3 Å². The topological polar surface area (TPSA) is 62.8 Å². The minimum atomic E-state index is -0.481. The van der Waals surface area contributed by atoms with Gasteiger partial charge in [-0.1, -0.05) is 65.3 Å². The zero-order chi connectivity index (χ0) is 18.9. The predicted octanol–water partition coefficient (Wildman–Crippen LogP) is 2.78. The molecule has 0 saturated carbocycles. The van der Waals surface area contributed by atoms with Gasteiger partial charge in [-0.2, -0.15) is 0 Å². The Morgan fingerprint density at radius 2 is 1.73 bits per heavy atom. The molecule has 3 N–H and O–H groups in total. The Balaban J connectivity index is 1.90. The van der Waals surface area contributed by atoms with Gasteiger partial charge in [0.25, 0.3) is 5.91 Å². The molecule has 0 saturated heterocycles. The van der Waals surface area contributed by atoms with Crippen LogP contribution in [-0.2, 0) is 16.0 Å². The number of hydrogen-bond donors (Lipinski definition) is 2. The lowest BCUT2D eigenvalue weighted by Gasteiger charge is -2.18. The number of amides is 1. The largest absolute Gasteiger partial charge is 0.341 e. The highest BCUT2D eigenvalue weighted by Crippen LogP contribution is 2.16. The Hall–Kier alpha value is -1.98. The number of nitrogens with two attached hydrogens (primary N) is 1. The molecule has 1 amide bonds. The summed E-state index contributed by atoms with van der Waals surface area (Å²) in [6.07, 6.45) is 1.45. The lowest BCUT2D eigenvalue weighted by Crippen LogP contribution is -2.87. The molecule has 0 fully saturated rings. The fraction of sp³-hybridized carbons (Fsp3) is 0.333. The van der Waals surface area contributed by atoms with Crippen LogP contribution >= 0.6 is 15.9 Å². The number of carbonyl (C=O) groups excluding carboxylic acids is 2. The maximum Gasteiger partial charge on any atom is 0.275 e. The second-order valence-electron chi connectivity index (χ2n) is 6.43. The number of carbonyl (C=O) groups is 2.